The Morgan fingerprint density at radius 2 is 1.86 bits per heavy atom. The van der Waals surface area contributed by atoms with Crippen LogP contribution in [0.3, 0.4) is 0 Å². The molecule has 8 heteroatoms. The number of anilines is 2. The van der Waals surface area contributed by atoms with Crippen molar-refractivity contribution in [3.63, 3.8) is 0 Å². The molecule has 1 aromatic heterocycles. The van der Waals surface area contributed by atoms with Gasteiger partial charge >= 0.3 is 0 Å². The normalized spacial score (nSPS) is 14.2. The van der Waals surface area contributed by atoms with Crippen LogP contribution in [0.2, 0.25) is 0 Å². The molecule has 0 aliphatic carbocycles. The smallest absolute Gasteiger partial charge is 0.227 e. The van der Waals surface area contributed by atoms with Crippen molar-refractivity contribution in [1.82, 2.24) is 4.98 Å². The number of hydrogen-bond donors (Lipinski definition) is 3. The zero-order valence-corrected chi connectivity index (χ0v) is 15.8. The van der Waals surface area contributed by atoms with Crippen LogP contribution in [0.15, 0.2) is 36.4 Å². The van der Waals surface area contributed by atoms with Gasteiger partial charge in [0.2, 0.25) is 5.88 Å². The molecule has 1 aliphatic heterocycles. The molecule has 1 aliphatic rings. The van der Waals surface area contributed by atoms with E-state index in [1.54, 1.807) is 38.5 Å². The van der Waals surface area contributed by atoms with E-state index in [0.717, 1.165) is 11.1 Å². The number of nitriles is 1. The van der Waals surface area contributed by atoms with Gasteiger partial charge in [0.15, 0.2) is 0 Å². The number of ether oxygens (including phenoxy) is 3. The summed E-state index contributed by atoms with van der Waals surface area (Å²) < 4.78 is 16.8. The first kappa shape index (κ1) is 18.3. The third kappa shape index (κ3) is 2.80. The Labute approximate surface area is 166 Å². The van der Waals surface area contributed by atoms with Crippen LogP contribution in [0.5, 0.6) is 28.9 Å². The third-order valence-electron chi connectivity index (χ3n) is 4.93. The molecule has 0 fully saturated rings. The summed E-state index contributed by atoms with van der Waals surface area (Å²) in [5, 5.41) is 19.4. The molecule has 8 nitrogen and oxygen atoms in total. The van der Waals surface area contributed by atoms with Gasteiger partial charge in [0.25, 0.3) is 0 Å². The average Bonchev–Trinajstić information content (AvgIpc) is 2.72. The molecule has 2 heterocycles. The molecule has 4 rings (SSSR count). The fourth-order valence-corrected chi connectivity index (χ4v) is 3.58. The number of nitrogen functional groups attached to an aromatic ring is 2. The summed E-state index contributed by atoms with van der Waals surface area (Å²) in [4.78, 5) is 4.24. The number of nitrogens with zero attached hydrogens (tertiary/aromatic N) is 2. The Morgan fingerprint density at radius 3 is 2.55 bits per heavy atom. The summed E-state index contributed by atoms with van der Waals surface area (Å²) in [5.41, 5.74) is 14.5. The first-order chi connectivity index (χ1) is 14.0. The Balaban J connectivity index is 2.06. The quantitative estimate of drug-likeness (QED) is 0.485. The van der Waals surface area contributed by atoms with E-state index in [1.807, 2.05) is 12.1 Å². The van der Waals surface area contributed by atoms with Gasteiger partial charge in [0.1, 0.15) is 40.4 Å². The minimum Gasteiger partial charge on any atom is -0.508 e. The predicted molar refractivity (Wildman–Crippen MR) is 106 cm³/mol. The minimum absolute atomic E-state index is 0.0206. The van der Waals surface area contributed by atoms with Crippen LogP contribution in [0, 0.1) is 11.3 Å². The van der Waals surface area contributed by atoms with Crippen molar-refractivity contribution >= 4 is 11.5 Å². The summed E-state index contributed by atoms with van der Waals surface area (Å²) in [6, 6.07) is 12.2. The molecule has 0 saturated heterocycles. The zero-order valence-electron chi connectivity index (χ0n) is 15.8. The van der Waals surface area contributed by atoms with Crippen molar-refractivity contribution in [2.75, 3.05) is 25.7 Å². The van der Waals surface area contributed by atoms with E-state index < -0.39 is 5.92 Å². The monoisotopic (exact) mass is 390 g/mol. The fourth-order valence-electron chi connectivity index (χ4n) is 3.58. The van der Waals surface area contributed by atoms with Gasteiger partial charge in [0.05, 0.1) is 25.5 Å². The highest BCUT2D eigenvalue weighted by molar-refractivity contribution is 5.76. The number of aromatic hydroxyl groups is 1. The molecule has 0 unspecified atom stereocenters. The van der Waals surface area contributed by atoms with Crippen LogP contribution in [-0.2, 0) is 0 Å². The first-order valence-electron chi connectivity index (χ1n) is 8.70. The number of aromatic nitrogens is 1. The van der Waals surface area contributed by atoms with E-state index in [4.69, 9.17) is 25.7 Å². The summed E-state index contributed by atoms with van der Waals surface area (Å²) in [6.45, 7) is 0. The highest BCUT2D eigenvalue weighted by Gasteiger charge is 2.35. The number of pyridine rings is 1. The van der Waals surface area contributed by atoms with Gasteiger partial charge < -0.3 is 30.8 Å². The summed E-state index contributed by atoms with van der Waals surface area (Å²) in [6.07, 6.45) is 0. The van der Waals surface area contributed by atoms with Crippen molar-refractivity contribution < 1.29 is 19.3 Å². The molecule has 0 bridgehead atoms. The molecule has 3 aromatic rings. The van der Waals surface area contributed by atoms with Gasteiger partial charge in [-0.3, -0.25) is 0 Å². The van der Waals surface area contributed by atoms with Gasteiger partial charge in [-0.15, -0.1) is 0 Å². The minimum atomic E-state index is -0.463. The van der Waals surface area contributed by atoms with Crippen molar-refractivity contribution in [2.24, 2.45) is 0 Å². The molecule has 146 valence electrons. The second-order valence-corrected chi connectivity index (χ2v) is 6.48. The van der Waals surface area contributed by atoms with E-state index in [1.165, 1.54) is 6.07 Å². The molecular weight excluding hydrogens is 372 g/mol. The van der Waals surface area contributed by atoms with Gasteiger partial charge in [0, 0.05) is 29.2 Å². The van der Waals surface area contributed by atoms with E-state index in [9.17, 15) is 10.4 Å². The lowest BCUT2D eigenvalue weighted by Crippen LogP contribution is -2.17. The van der Waals surface area contributed by atoms with E-state index in [0.29, 0.717) is 22.8 Å². The molecule has 0 radical (unpaired) electrons. The largest absolute Gasteiger partial charge is 0.508 e. The van der Waals surface area contributed by atoms with Gasteiger partial charge in [-0.25, -0.2) is 0 Å². The van der Waals surface area contributed by atoms with Crippen LogP contribution in [0.4, 0.5) is 11.5 Å². The maximum absolute atomic E-state index is 9.92. The zero-order chi connectivity index (χ0) is 20.7. The van der Waals surface area contributed by atoms with Crippen LogP contribution in [0.25, 0.3) is 0 Å². The molecule has 0 saturated carbocycles. The Kier molecular flexibility index (Phi) is 4.28. The van der Waals surface area contributed by atoms with Crippen LogP contribution in [0.1, 0.15) is 28.2 Å². The summed E-state index contributed by atoms with van der Waals surface area (Å²) >= 11 is 0. The predicted octanol–water partition coefficient (Wildman–Crippen LogP) is 3.13. The Bertz CT molecular complexity index is 1170. The molecule has 5 N–H and O–H groups in total. The number of nitrogens with two attached hydrogens (primary N) is 2. The van der Waals surface area contributed by atoms with E-state index in [-0.39, 0.29) is 28.7 Å². The number of rotatable bonds is 3. The topological polar surface area (TPSA) is 137 Å². The van der Waals surface area contributed by atoms with Crippen LogP contribution in [-0.4, -0.2) is 24.3 Å². The van der Waals surface area contributed by atoms with Crippen LogP contribution >= 0.6 is 0 Å². The second-order valence-electron chi connectivity index (χ2n) is 6.48. The summed E-state index contributed by atoms with van der Waals surface area (Å²) in [7, 11) is 3.13. The SMILES string of the molecule is COc1ccc([C@@H]2c3ccc(O)cc3Oc3nc(N)c(C#N)c(N)c32)c(OC)c1. The molecule has 1 atom stereocenters. The van der Waals surface area contributed by atoms with Crippen molar-refractivity contribution in [3.8, 4) is 34.9 Å². The van der Waals surface area contributed by atoms with Crippen molar-refractivity contribution in [3.05, 3.63) is 58.7 Å². The molecular formula is C21H18N4O4. The molecule has 0 amide bonds. The lowest BCUT2D eigenvalue weighted by Gasteiger charge is -2.30. The number of phenolic OH excluding ortho intramolecular Hbond substituents is 1. The number of methoxy groups -OCH3 is 2. The average molecular weight is 390 g/mol. The Morgan fingerprint density at radius 1 is 1.10 bits per heavy atom. The lowest BCUT2D eigenvalue weighted by atomic mass is 9.81. The maximum Gasteiger partial charge on any atom is 0.227 e. The summed E-state index contributed by atoms with van der Waals surface area (Å²) in [5.74, 6) is 1.35. The number of phenols is 1. The highest BCUT2D eigenvalue weighted by Crippen LogP contribution is 2.52. The standard InChI is InChI=1S/C21H18N4O4/c1-27-11-4-6-12(15(8-11)28-2)17-13-5-3-10(26)7-16(13)29-21-18(17)19(23)14(9-22)20(24)25-21/h3-8,17,26H,1-2H3,(H4,23,24,25)/t17-/m1/s1. The van der Waals surface area contributed by atoms with E-state index >= 15 is 0 Å². The van der Waals surface area contributed by atoms with Gasteiger partial charge in [-0.1, -0.05) is 12.1 Å². The van der Waals surface area contributed by atoms with Gasteiger partial charge in [-0.2, -0.15) is 10.2 Å². The van der Waals surface area contributed by atoms with Crippen LogP contribution < -0.4 is 25.7 Å². The lowest BCUT2D eigenvalue weighted by molar-refractivity contribution is 0.388. The van der Waals surface area contributed by atoms with Crippen molar-refractivity contribution in [2.45, 2.75) is 5.92 Å². The molecule has 0 spiro atoms. The highest BCUT2D eigenvalue weighted by atomic mass is 16.5. The molecule has 29 heavy (non-hydrogen) atoms. The third-order valence-corrected chi connectivity index (χ3v) is 4.93. The van der Waals surface area contributed by atoms with Gasteiger partial charge in [-0.05, 0) is 12.1 Å². The first-order valence-corrected chi connectivity index (χ1v) is 8.70. The second kappa shape index (κ2) is 6.80. The number of benzene rings is 2. The number of fused-ring (bicyclic) bond motifs is 2. The Hall–Kier alpha value is -4.12. The maximum atomic E-state index is 9.92. The number of hydrogen-bond acceptors (Lipinski definition) is 8. The fraction of sp³-hybridized carbons (Fsp3) is 0.143. The molecule has 2 aromatic carbocycles. The van der Waals surface area contributed by atoms with Crippen molar-refractivity contribution in [1.29, 1.82) is 5.26 Å². The van der Waals surface area contributed by atoms with E-state index in [2.05, 4.69) is 4.98 Å².